The summed E-state index contributed by atoms with van der Waals surface area (Å²) in [4.78, 5) is 17.3. The zero-order chi connectivity index (χ0) is 16.6. The first-order chi connectivity index (χ1) is 11.0. The maximum absolute atomic E-state index is 12.7. The Morgan fingerprint density at radius 2 is 2.12 bits per heavy atom. The average Bonchev–Trinajstić information content (AvgIpc) is 3.30. The fourth-order valence-electron chi connectivity index (χ4n) is 2.60. The molecule has 1 aliphatic rings. The van der Waals surface area contributed by atoms with Gasteiger partial charge in [0.05, 0.1) is 16.6 Å². The number of hydrogen-bond donors (Lipinski definition) is 2. The maximum atomic E-state index is 12.7. The van der Waals surface area contributed by atoms with Crippen molar-refractivity contribution in [3.63, 3.8) is 0 Å². The van der Waals surface area contributed by atoms with E-state index in [-0.39, 0.29) is 30.2 Å². The third-order valence-electron chi connectivity index (χ3n) is 4.29. The molecular weight excluding hydrogens is 328 g/mol. The number of nitrogens with one attached hydrogen (secondary N) is 1. The van der Waals surface area contributed by atoms with Crippen molar-refractivity contribution in [3.8, 4) is 0 Å². The Balaban J connectivity index is 0.00000208. The Morgan fingerprint density at radius 3 is 2.71 bits per heavy atom. The molecule has 0 radical (unpaired) electrons. The summed E-state index contributed by atoms with van der Waals surface area (Å²) in [6.45, 7) is 7.18. The molecule has 132 valence electrons. The first kappa shape index (κ1) is 18.7. The lowest BCUT2D eigenvalue weighted by atomic mass is 10.0. The molecule has 7 heteroatoms. The van der Waals surface area contributed by atoms with Crippen molar-refractivity contribution in [2.24, 2.45) is 11.7 Å². The number of halogens is 1. The van der Waals surface area contributed by atoms with E-state index in [1.54, 1.807) is 0 Å². The van der Waals surface area contributed by atoms with Crippen LogP contribution in [0.25, 0.3) is 11.1 Å². The van der Waals surface area contributed by atoms with Crippen LogP contribution in [0.5, 0.6) is 0 Å². The molecule has 2 aromatic heterocycles. The monoisotopic (exact) mass is 352 g/mol. The van der Waals surface area contributed by atoms with Gasteiger partial charge in [-0.2, -0.15) is 0 Å². The van der Waals surface area contributed by atoms with Gasteiger partial charge in [-0.25, -0.2) is 4.98 Å². The van der Waals surface area contributed by atoms with Crippen molar-refractivity contribution in [2.75, 3.05) is 13.1 Å². The van der Waals surface area contributed by atoms with Crippen LogP contribution in [-0.4, -0.2) is 29.1 Å². The van der Waals surface area contributed by atoms with E-state index in [1.165, 1.54) is 0 Å². The number of carbonyl (C=O) groups excluding carboxylic acids is 1. The Bertz CT molecular complexity index is 725. The van der Waals surface area contributed by atoms with E-state index in [0.717, 1.165) is 29.6 Å². The molecule has 1 aliphatic carbocycles. The van der Waals surface area contributed by atoms with Gasteiger partial charge in [-0.3, -0.25) is 4.79 Å². The van der Waals surface area contributed by atoms with Gasteiger partial charge in [0, 0.05) is 18.2 Å². The second-order valence-electron chi connectivity index (χ2n) is 6.82. The molecule has 1 saturated carbocycles. The fourth-order valence-corrected chi connectivity index (χ4v) is 2.60. The number of fused-ring (bicyclic) bond motifs is 1. The molecule has 0 spiro atoms. The van der Waals surface area contributed by atoms with Gasteiger partial charge in [0.15, 0.2) is 0 Å². The van der Waals surface area contributed by atoms with E-state index in [0.29, 0.717) is 30.3 Å². The number of aromatic nitrogens is 2. The van der Waals surface area contributed by atoms with Crippen LogP contribution in [-0.2, 0) is 0 Å². The summed E-state index contributed by atoms with van der Waals surface area (Å²) >= 11 is 0. The standard InChI is InChI=1S/C17H24N4O2.ClH/c1-9(2)15-14-12(16(22)19-8-10(3)7-18)6-13(11-4-5-11)20-17(14)23-21-15;/h6,9-11H,4-5,7-8,18H2,1-3H3,(H,19,22);1H. The van der Waals surface area contributed by atoms with Crippen LogP contribution in [0.4, 0.5) is 0 Å². The molecule has 0 saturated heterocycles. The Kier molecular flexibility index (Phi) is 5.83. The summed E-state index contributed by atoms with van der Waals surface area (Å²) in [5.41, 5.74) is 8.42. The van der Waals surface area contributed by atoms with E-state index in [4.69, 9.17) is 10.3 Å². The number of nitrogens with two attached hydrogens (primary N) is 1. The molecule has 0 aliphatic heterocycles. The highest BCUT2D eigenvalue weighted by Gasteiger charge is 2.29. The fraction of sp³-hybridized carbons (Fsp3) is 0.588. The molecule has 3 rings (SSSR count). The predicted octanol–water partition coefficient (Wildman–Crippen LogP) is 2.97. The molecule has 24 heavy (non-hydrogen) atoms. The lowest BCUT2D eigenvalue weighted by Crippen LogP contribution is -2.31. The summed E-state index contributed by atoms with van der Waals surface area (Å²) in [7, 11) is 0. The molecule has 1 amide bonds. The van der Waals surface area contributed by atoms with Crippen LogP contribution in [0.3, 0.4) is 0 Å². The number of pyridine rings is 1. The first-order valence-electron chi connectivity index (χ1n) is 8.29. The van der Waals surface area contributed by atoms with Crippen LogP contribution >= 0.6 is 12.4 Å². The van der Waals surface area contributed by atoms with Gasteiger partial charge in [0.25, 0.3) is 11.6 Å². The first-order valence-corrected chi connectivity index (χ1v) is 8.29. The molecule has 1 atom stereocenters. The molecule has 1 fully saturated rings. The average molecular weight is 353 g/mol. The molecule has 6 nitrogen and oxygen atoms in total. The third kappa shape index (κ3) is 3.70. The molecule has 3 N–H and O–H groups in total. The van der Waals surface area contributed by atoms with Gasteiger partial charge in [-0.15, -0.1) is 12.4 Å². The van der Waals surface area contributed by atoms with E-state index in [2.05, 4.69) is 15.5 Å². The normalized spacial score (nSPS) is 15.4. The van der Waals surface area contributed by atoms with E-state index >= 15 is 0 Å². The van der Waals surface area contributed by atoms with Gasteiger partial charge < -0.3 is 15.6 Å². The van der Waals surface area contributed by atoms with Crippen molar-refractivity contribution in [1.29, 1.82) is 0 Å². The van der Waals surface area contributed by atoms with Gasteiger partial charge in [0.2, 0.25) is 0 Å². The Hall–Kier alpha value is -1.66. The van der Waals surface area contributed by atoms with Crippen LogP contribution < -0.4 is 11.1 Å². The minimum Gasteiger partial charge on any atom is -0.352 e. The highest BCUT2D eigenvalue weighted by Crippen LogP contribution is 2.41. The van der Waals surface area contributed by atoms with Crippen molar-refractivity contribution in [2.45, 2.75) is 45.4 Å². The molecule has 1 unspecified atom stereocenters. The lowest BCUT2D eigenvalue weighted by Gasteiger charge is -2.12. The number of nitrogens with zero attached hydrogens (tertiary/aromatic N) is 2. The minimum absolute atomic E-state index is 0. The largest absolute Gasteiger partial charge is 0.352 e. The van der Waals surface area contributed by atoms with Crippen LogP contribution in [0.1, 0.15) is 67.2 Å². The number of amides is 1. The molecule has 2 aromatic rings. The molecule has 2 heterocycles. The highest BCUT2D eigenvalue weighted by atomic mass is 35.5. The summed E-state index contributed by atoms with van der Waals surface area (Å²) < 4.78 is 5.41. The zero-order valence-corrected chi connectivity index (χ0v) is 15.2. The molecule has 0 aromatic carbocycles. The SMILES string of the molecule is CC(CN)CNC(=O)c1cc(C2CC2)nc2onc(C(C)C)c12.Cl. The molecule has 0 bridgehead atoms. The van der Waals surface area contributed by atoms with Crippen LogP contribution in [0, 0.1) is 5.92 Å². The number of carbonyl (C=O) groups is 1. The smallest absolute Gasteiger partial charge is 0.259 e. The second-order valence-corrected chi connectivity index (χ2v) is 6.82. The van der Waals surface area contributed by atoms with Crippen molar-refractivity contribution in [1.82, 2.24) is 15.5 Å². The minimum atomic E-state index is -0.107. The summed E-state index contributed by atoms with van der Waals surface area (Å²) in [6, 6.07) is 1.91. The third-order valence-corrected chi connectivity index (χ3v) is 4.29. The van der Waals surface area contributed by atoms with E-state index in [1.807, 2.05) is 26.8 Å². The Labute approximate surface area is 148 Å². The predicted molar refractivity (Wildman–Crippen MR) is 95.7 cm³/mol. The maximum Gasteiger partial charge on any atom is 0.259 e. The van der Waals surface area contributed by atoms with Crippen molar-refractivity contribution < 1.29 is 9.32 Å². The van der Waals surface area contributed by atoms with Gasteiger partial charge in [0.1, 0.15) is 0 Å². The summed E-state index contributed by atoms with van der Waals surface area (Å²) in [6.07, 6.45) is 2.24. The van der Waals surface area contributed by atoms with Gasteiger partial charge >= 0.3 is 0 Å². The summed E-state index contributed by atoms with van der Waals surface area (Å²) in [5.74, 6) is 0.747. The van der Waals surface area contributed by atoms with Crippen LogP contribution in [0.2, 0.25) is 0 Å². The zero-order valence-electron chi connectivity index (χ0n) is 14.3. The molecular formula is C17H25ClN4O2. The number of hydrogen-bond acceptors (Lipinski definition) is 5. The summed E-state index contributed by atoms with van der Waals surface area (Å²) in [5, 5.41) is 7.84. The van der Waals surface area contributed by atoms with Crippen molar-refractivity contribution >= 4 is 29.4 Å². The lowest BCUT2D eigenvalue weighted by molar-refractivity contribution is 0.0950. The number of rotatable bonds is 6. The van der Waals surface area contributed by atoms with Gasteiger partial charge in [-0.05, 0) is 37.3 Å². The van der Waals surface area contributed by atoms with E-state index in [9.17, 15) is 4.79 Å². The Morgan fingerprint density at radius 1 is 1.42 bits per heavy atom. The van der Waals surface area contributed by atoms with Crippen LogP contribution in [0.15, 0.2) is 10.6 Å². The second kappa shape index (κ2) is 7.49. The topological polar surface area (TPSA) is 94.0 Å². The van der Waals surface area contributed by atoms with Gasteiger partial charge in [-0.1, -0.05) is 25.9 Å². The highest BCUT2D eigenvalue weighted by molar-refractivity contribution is 6.06. The quantitative estimate of drug-likeness (QED) is 0.833. The van der Waals surface area contributed by atoms with E-state index < -0.39 is 0 Å². The van der Waals surface area contributed by atoms with Crippen molar-refractivity contribution in [3.05, 3.63) is 23.0 Å².